The SMILES string of the molecule is COc1ccc(C(C)NC(=O)C2CCCC(N)C2)cc1F. The molecule has 1 aromatic carbocycles. The van der Waals surface area contributed by atoms with Crippen LogP contribution in [0.3, 0.4) is 0 Å². The van der Waals surface area contributed by atoms with Crippen LogP contribution < -0.4 is 15.8 Å². The molecule has 3 atom stereocenters. The summed E-state index contributed by atoms with van der Waals surface area (Å²) in [5, 5.41) is 2.95. The zero-order chi connectivity index (χ0) is 15.4. The average molecular weight is 294 g/mol. The molecule has 0 aromatic heterocycles. The lowest BCUT2D eigenvalue weighted by molar-refractivity contribution is -0.126. The number of rotatable bonds is 4. The van der Waals surface area contributed by atoms with Gasteiger partial charge in [-0.25, -0.2) is 4.39 Å². The predicted octanol–water partition coefficient (Wildman–Crippen LogP) is 2.53. The summed E-state index contributed by atoms with van der Waals surface area (Å²) >= 11 is 0. The highest BCUT2D eigenvalue weighted by atomic mass is 19.1. The van der Waals surface area contributed by atoms with Gasteiger partial charge in [0.25, 0.3) is 0 Å². The molecule has 0 aliphatic heterocycles. The summed E-state index contributed by atoms with van der Waals surface area (Å²) in [6.07, 6.45) is 3.59. The van der Waals surface area contributed by atoms with Crippen LogP contribution in [0.25, 0.3) is 0 Å². The fourth-order valence-corrected chi connectivity index (χ4v) is 2.83. The van der Waals surface area contributed by atoms with Gasteiger partial charge in [-0.15, -0.1) is 0 Å². The van der Waals surface area contributed by atoms with E-state index in [2.05, 4.69) is 5.32 Å². The molecule has 116 valence electrons. The maximum Gasteiger partial charge on any atom is 0.223 e. The van der Waals surface area contributed by atoms with Crippen LogP contribution in [-0.4, -0.2) is 19.1 Å². The van der Waals surface area contributed by atoms with Crippen molar-refractivity contribution in [3.8, 4) is 5.75 Å². The number of hydrogen-bond acceptors (Lipinski definition) is 3. The van der Waals surface area contributed by atoms with Gasteiger partial charge in [-0.1, -0.05) is 12.5 Å². The van der Waals surface area contributed by atoms with E-state index >= 15 is 0 Å². The Kier molecular flexibility index (Phi) is 5.17. The first kappa shape index (κ1) is 15.8. The second-order valence-electron chi connectivity index (χ2n) is 5.75. The molecule has 3 N–H and O–H groups in total. The van der Waals surface area contributed by atoms with Gasteiger partial charge in [0.1, 0.15) is 0 Å². The third kappa shape index (κ3) is 3.94. The minimum atomic E-state index is -0.421. The maximum atomic E-state index is 13.7. The molecular formula is C16H23FN2O2. The van der Waals surface area contributed by atoms with E-state index in [9.17, 15) is 9.18 Å². The Labute approximate surface area is 124 Å². The molecular weight excluding hydrogens is 271 g/mol. The number of methoxy groups -OCH3 is 1. The van der Waals surface area contributed by atoms with Crippen LogP contribution in [0.1, 0.15) is 44.2 Å². The maximum absolute atomic E-state index is 13.7. The molecule has 1 aromatic rings. The number of ether oxygens (including phenoxy) is 1. The normalized spacial score (nSPS) is 23.4. The first-order chi connectivity index (χ1) is 10.0. The lowest BCUT2D eigenvalue weighted by Crippen LogP contribution is -2.38. The van der Waals surface area contributed by atoms with Crippen LogP contribution in [0.5, 0.6) is 5.75 Å². The molecule has 2 rings (SSSR count). The highest BCUT2D eigenvalue weighted by Gasteiger charge is 2.26. The lowest BCUT2D eigenvalue weighted by Gasteiger charge is -2.27. The van der Waals surface area contributed by atoms with Crippen molar-refractivity contribution in [2.24, 2.45) is 11.7 Å². The zero-order valence-electron chi connectivity index (χ0n) is 12.6. The summed E-state index contributed by atoms with van der Waals surface area (Å²) < 4.78 is 18.6. The first-order valence-corrected chi connectivity index (χ1v) is 7.40. The Morgan fingerprint density at radius 1 is 1.48 bits per heavy atom. The summed E-state index contributed by atoms with van der Waals surface area (Å²) in [5.41, 5.74) is 6.64. The number of amides is 1. The molecule has 4 nitrogen and oxygen atoms in total. The number of carbonyl (C=O) groups is 1. The van der Waals surface area contributed by atoms with E-state index in [0.29, 0.717) is 0 Å². The van der Waals surface area contributed by atoms with Gasteiger partial charge >= 0.3 is 0 Å². The van der Waals surface area contributed by atoms with E-state index in [0.717, 1.165) is 31.2 Å². The molecule has 1 fully saturated rings. The second-order valence-corrected chi connectivity index (χ2v) is 5.75. The minimum absolute atomic E-state index is 0.00822. The van der Waals surface area contributed by atoms with Gasteiger partial charge in [0.2, 0.25) is 5.91 Å². The molecule has 0 radical (unpaired) electrons. The number of carbonyl (C=O) groups excluding carboxylic acids is 1. The molecule has 0 heterocycles. The lowest BCUT2D eigenvalue weighted by atomic mass is 9.85. The Hall–Kier alpha value is -1.62. The fraction of sp³-hybridized carbons (Fsp3) is 0.562. The van der Waals surface area contributed by atoms with Crippen molar-refractivity contribution in [3.05, 3.63) is 29.6 Å². The molecule has 1 aliphatic rings. The van der Waals surface area contributed by atoms with Gasteiger partial charge in [-0.2, -0.15) is 0 Å². The van der Waals surface area contributed by atoms with Gasteiger partial charge in [0.05, 0.1) is 13.2 Å². The van der Waals surface area contributed by atoms with Crippen LogP contribution in [0.15, 0.2) is 18.2 Å². The number of hydrogen-bond donors (Lipinski definition) is 2. The van der Waals surface area contributed by atoms with Crippen molar-refractivity contribution < 1.29 is 13.9 Å². The van der Waals surface area contributed by atoms with E-state index in [-0.39, 0.29) is 29.7 Å². The quantitative estimate of drug-likeness (QED) is 0.897. The topological polar surface area (TPSA) is 64.3 Å². The molecule has 1 aliphatic carbocycles. The van der Waals surface area contributed by atoms with Crippen LogP contribution >= 0.6 is 0 Å². The average Bonchev–Trinajstić information content (AvgIpc) is 2.47. The smallest absolute Gasteiger partial charge is 0.223 e. The Bertz CT molecular complexity index is 507. The van der Waals surface area contributed by atoms with Crippen molar-refractivity contribution in [3.63, 3.8) is 0 Å². The second kappa shape index (κ2) is 6.89. The number of benzene rings is 1. The van der Waals surface area contributed by atoms with E-state index in [1.807, 2.05) is 6.92 Å². The van der Waals surface area contributed by atoms with Gasteiger partial charge in [-0.05, 0) is 43.9 Å². The highest BCUT2D eigenvalue weighted by Crippen LogP contribution is 2.25. The van der Waals surface area contributed by atoms with Crippen molar-refractivity contribution in [2.45, 2.75) is 44.7 Å². The van der Waals surface area contributed by atoms with Crippen LogP contribution in [0, 0.1) is 11.7 Å². The van der Waals surface area contributed by atoms with Gasteiger partial charge in [0.15, 0.2) is 11.6 Å². The Morgan fingerprint density at radius 2 is 2.24 bits per heavy atom. The molecule has 0 spiro atoms. The van der Waals surface area contributed by atoms with Crippen molar-refractivity contribution in [1.82, 2.24) is 5.32 Å². The summed E-state index contributed by atoms with van der Waals surface area (Å²) in [7, 11) is 1.43. The third-order valence-corrected chi connectivity index (χ3v) is 4.12. The molecule has 3 unspecified atom stereocenters. The molecule has 1 amide bonds. The van der Waals surface area contributed by atoms with Crippen molar-refractivity contribution in [2.75, 3.05) is 7.11 Å². The molecule has 5 heteroatoms. The van der Waals surface area contributed by atoms with E-state index in [1.54, 1.807) is 12.1 Å². The zero-order valence-corrected chi connectivity index (χ0v) is 12.6. The highest BCUT2D eigenvalue weighted by molar-refractivity contribution is 5.79. The number of halogens is 1. The molecule has 1 saturated carbocycles. The van der Waals surface area contributed by atoms with E-state index in [1.165, 1.54) is 13.2 Å². The van der Waals surface area contributed by atoms with Gasteiger partial charge in [-0.3, -0.25) is 4.79 Å². The predicted molar refractivity (Wildman–Crippen MR) is 79.4 cm³/mol. The summed E-state index contributed by atoms with van der Waals surface area (Å²) in [6.45, 7) is 1.85. The van der Waals surface area contributed by atoms with Crippen molar-refractivity contribution in [1.29, 1.82) is 0 Å². The van der Waals surface area contributed by atoms with Gasteiger partial charge < -0.3 is 15.8 Å². The third-order valence-electron chi connectivity index (χ3n) is 4.12. The first-order valence-electron chi connectivity index (χ1n) is 7.40. The molecule has 0 bridgehead atoms. The summed E-state index contributed by atoms with van der Waals surface area (Å²) in [5.74, 6) is -0.237. The van der Waals surface area contributed by atoms with Crippen LogP contribution in [0.2, 0.25) is 0 Å². The molecule has 21 heavy (non-hydrogen) atoms. The minimum Gasteiger partial charge on any atom is -0.494 e. The van der Waals surface area contributed by atoms with E-state index < -0.39 is 5.82 Å². The van der Waals surface area contributed by atoms with Crippen molar-refractivity contribution >= 4 is 5.91 Å². The van der Waals surface area contributed by atoms with Crippen LogP contribution in [0.4, 0.5) is 4.39 Å². The fourth-order valence-electron chi connectivity index (χ4n) is 2.83. The summed E-state index contributed by atoms with van der Waals surface area (Å²) in [4.78, 5) is 12.3. The standard InChI is InChI=1S/C16H23FN2O2/c1-10(11-6-7-15(21-2)14(17)9-11)19-16(20)12-4-3-5-13(18)8-12/h6-7,9-10,12-13H,3-5,8,18H2,1-2H3,(H,19,20). The monoisotopic (exact) mass is 294 g/mol. The number of nitrogens with two attached hydrogens (primary N) is 1. The summed E-state index contributed by atoms with van der Waals surface area (Å²) in [6, 6.07) is 4.61. The van der Waals surface area contributed by atoms with Gasteiger partial charge in [0, 0.05) is 12.0 Å². The van der Waals surface area contributed by atoms with E-state index in [4.69, 9.17) is 10.5 Å². The Balaban J connectivity index is 1.98. The number of nitrogens with one attached hydrogen (secondary N) is 1. The molecule has 0 saturated heterocycles. The Morgan fingerprint density at radius 3 is 2.86 bits per heavy atom. The van der Waals surface area contributed by atoms with Crippen LogP contribution in [-0.2, 0) is 4.79 Å². The largest absolute Gasteiger partial charge is 0.494 e.